The molecule has 0 amide bonds. The zero-order valence-electron chi connectivity index (χ0n) is 15.2. The van der Waals surface area contributed by atoms with E-state index in [0.29, 0.717) is 24.4 Å². The van der Waals surface area contributed by atoms with Gasteiger partial charge < -0.3 is 21.5 Å². The molecule has 2 heterocycles. The molecule has 2 aromatic heterocycles. The highest BCUT2D eigenvalue weighted by atomic mass is 16.5. The standard InChI is InChI=1S/C18H25N7O/c1-3-4-7-21-17-16-14(23-18(20)24-17)10-22-25(16)11-13-8-12(9-19)5-6-15(13)26-2/h5-6,8,10H,3-4,7,9,11,19H2,1-2H3,(H3,20,21,23,24). The molecule has 0 spiro atoms. The molecule has 0 unspecified atom stereocenters. The predicted octanol–water partition coefficient (Wildman–Crippen LogP) is 2.14. The number of hydrogen-bond acceptors (Lipinski definition) is 7. The van der Waals surface area contributed by atoms with Crippen LogP contribution in [0.25, 0.3) is 11.0 Å². The highest BCUT2D eigenvalue weighted by Gasteiger charge is 2.14. The van der Waals surface area contributed by atoms with Crippen molar-refractivity contribution in [1.29, 1.82) is 0 Å². The molecule has 26 heavy (non-hydrogen) atoms. The van der Waals surface area contributed by atoms with Crippen LogP contribution in [-0.2, 0) is 13.1 Å². The van der Waals surface area contributed by atoms with E-state index in [9.17, 15) is 0 Å². The fourth-order valence-electron chi connectivity index (χ4n) is 2.89. The van der Waals surface area contributed by atoms with Gasteiger partial charge in [-0.05, 0) is 24.1 Å². The minimum atomic E-state index is 0.235. The van der Waals surface area contributed by atoms with Gasteiger partial charge in [0.25, 0.3) is 0 Å². The number of methoxy groups -OCH3 is 1. The van der Waals surface area contributed by atoms with Gasteiger partial charge in [-0.3, -0.25) is 4.68 Å². The number of hydrogen-bond donors (Lipinski definition) is 3. The smallest absolute Gasteiger partial charge is 0.222 e. The molecule has 0 atom stereocenters. The van der Waals surface area contributed by atoms with Gasteiger partial charge in [0.15, 0.2) is 5.82 Å². The van der Waals surface area contributed by atoms with Crippen molar-refractivity contribution in [3.63, 3.8) is 0 Å². The van der Waals surface area contributed by atoms with Crippen LogP contribution in [0.4, 0.5) is 11.8 Å². The maximum absolute atomic E-state index is 5.84. The Morgan fingerprint density at radius 3 is 2.85 bits per heavy atom. The number of aromatic nitrogens is 4. The average Bonchev–Trinajstić information content (AvgIpc) is 3.04. The van der Waals surface area contributed by atoms with Gasteiger partial charge >= 0.3 is 0 Å². The van der Waals surface area contributed by atoms with Crippen LogP contribution in [-0.4, -0.2) is 33.4 Å². The fraction of sp³-hybridized carbons (Fsp3) is 0.389. The van der Waals surface area contributed by atoms with Crippen molar-refractivity contribution in [1.82, 2.24) is 19.7 Å². The predicted molar refractivity (Wildman–Crippen MR) is 103 cm³/mol. The summed E-state index contributed by atoms with van der Waals surface area (Å²) in [5.41, 5.74) is 15.2. The summed E-state index contributed by atoms with van der Waals surface area (Å²) in [6.07, 6.45) is 3.85. The van der Waals surface area contributed by atoms with Gasteiger partial charge in [0.2, 0.25) is 5.95 Å². The first-order valence-corrected chi connectivity index (χ1v) is 8.75. The molecule has 0 saturated carbocycles. The SMILES string of the molecule is CCCCNc1nc(N)nc2cnn(Cc3cc(CN)ccc3OC)c12. The number of nitrogens with one attached hydrogen (secondary N) is 1. The van der Waals surface area contributed by atoms with E-state index in [1.165, 1.54) is 0 Å². The van der Waals surface area contributed by atoms with Crippen molar-refractivity contribution in [2.45, 2.75) is 32.9 Å². The van der Waals surface area contributed by atoms with Crippen LogP contribution < -0.4 is 21.5 Å². The quantitative estimate of drug-likeness (QED) is 0.530. The summed E-state index contributed by atoms with van der Waals surface area (Å²) >= 11 is 0. The number of nitrogens with two attached hydrogens (primary N) is 2. The fourth-order valence-corrected chi connectivity index (χ4v) is 2.89. The van der Waals surface area contributed by atoms with E-state index >= 15 is 0 Å². The highest BCUT2D eigenvalue weighted by molar-refractivity contribution is 5.86. The number of rotatable bonds is 8. The largest absolute Gasteiger partial charge is 0.496 e. The van der Waals surface area contributed by atoms with Crippen molar-refractivity contribution in [2.24, 2.45) is 5.73 Å². The van der Waals surface area contributed by atoms with Crippen molar-refractivity contribution >= 4 is 22.8 Å². The Bertz CT molecular complexity index is 891. The molecule has 8 nitrogen and oxygen atoms in total. The van der Waals surface area contributed by atoms with Crippen molar-refractivity contribution in [2.75, 3.05) is 24.7 Å². The van der Waals surface area contributed by atoms with Crippen LogP contribution in [0.15, 0.2) is 24.4 Å². The molecule has 3 aromatic rings. The van der Waals surface area contributed by atoms with E-state index in [-0.39, 0.29) is 5.95 Å². The summed E-state index contributed by atoms with van der Waals surface area (Å²) in [5, 5.41) is 7.83. The highest BCUT2D eigenvalue weighted by Crippen LogP contribution is 2.25. The Balaban J connectivity index is 2.00. The Kier molecular flexibility index (Phi) is 5.52. The monoisotopic (exact) mass is 355 g/mol. The lowest BCUT2D eigenvalue weighted by Crippen LogP contribution is -2.10. The molecule has 5 N–H and O–H groups in total. The summed E-state index contributed by atoms with van der Waals surface area (Å²) < 4.78 is 7.35. The normalized spacial score (nSPS) is 11.0. The number of anilines is 2. The van der Waals surface area contributed by atoms with Gasteiger partial charge in [-0.15, -0.1) is 0 Å². The van der Waals surface area contributed by atoms with Gasteiger partial charge in [-0.1, -0.05) is 19.4 Å². The molecule has 0 aliphatic rings. The summed E-state index contributed by atoms with van der Waals surface area (Å²) in [6, 6.07) is 5.93. The summed E-state index contributed by atoms with van der Waals surface area (Å²) in [7, 11) is 1.66. The second kappa shape index (κ2) is 8.01. The molecule has 0 radical (unpaired) electrons. The van der Waals surface area contributed by atoms with E-state index in [4.69, 9.17) is 16.2 Å². The molecule has 1 aromatic carbocycles. The molecule has 0 saturated heterocycles. The zero-order chi connectivity index (χ0) is 18.5. The number of ether oxygens (including phenoxy) is 1. The number of fused-ring (bicyclic) bond motifs is 1. The summed E-state index contributed by atoms with van der Waals surface area (Å²) in [5.74, 6) is 1.73. The number of nitrogens with zero attached hydrogens (tertiary/aromatic N) is 4. The van der Waals surface area contributed by atoms with Crippen LogP contribution in [0.5, 0.6) is 5.75 Å². The van der Waals surface area contributed by atoms with Crippen LogP contribution in [0, 0.1) is 0 Å². The molecule has 138 valence electrons. The van der Waals surface area contributed by atoms with Gasteiger partial charge in [0.05, 0.1) is 19.9 Å². The lowest BCUT2D eigenvalue weighted by Gasteiger charge is -2.13. The molecule has 8 heteroatoms. The molecule has 3 rings (SSSR count). The molecule has 0 bridgehead atoms. The van der Waals surface area contributed by atoms with E-state index in [0.717, 1.165) is 41.8 Å². The minimum Gasteiger partial charge on any atom is -0.496 e. The van der Waals surface area contributed by atoms with Crippen molar-refractivity contribution < 1.29 is 4.74 Å². The molecular weight excluding hydrogens is 330 g/mol. The Labute approximate surface area is 152 Å². The van der Waals surface area contributed by atoms with Gasteiger partial charge in [0.1, 0.15) is 16.8 Å². The maximum Gasteiger partial charge on any atom is 0.222 e. The first kappa shape index (κ1) is 17.9. The maximum atomic E-state index is 5.84. The number of unbranched alkanes of at least 4 members (excludes halogenated alkanes) is 1. The first-order chi connectivity index (χ1) is 12.7. The molecule has 0 fully saturated rings. The Morgan fingerprint density at radius 2 is 2.12 bits per heavy atom. The average molecular weight is 355 g/mol. The van der Waals surface area contributed by atoms with E-state index < -0.39 is 0 Å². The van der Waals surface area contributed by atoms with Gasteiger partial charge in [-0.25, -0.2) is 4.98 Å². The second-order valence-corrected chi connectivity index (χ2v) is 6.10. The van der Waals surface area contributed by atoms with Crippen LogP contribution >= 0.6 is 0 Å². The van der Waals surface area contributed by atoms with Gasteiger partial charge in [0, 0.05) is 18.7 Å². The molecule has 0 aliphatic carbocycles. The lowest BCUT2D eigenvalue weighted by atomic mass is 10.1. The van der Waals surface area contributed by atoms with E-state index in [1.54, 1.807) is 13.3 Å². The Morgan fingerprint density at radius 1 is 1.27 bits per heavy atom. The van der Waals surface area contributed by atoms with Crippen molar-refractivity contribution in [3.8, 4) is 5.75 Å². The summed E-state index contributed by atoms with van der Waals surface area (Å²) in [6.45, 7) is 3.96. The number of nitrogen functional groups attached to an aromatic ring is 1. The van der Waals surface area contributed by atoms with E-state index in [2.05, 4.69) is 27.3 Å². The topological polar surface area (TPSA) is 117 Å². The lowest BCUT2D eigenvalue weighted by molar-refractivity contribution is 0.407. The van der Waals surface area contributed by atoms with E-state index in [1.807, 2.05) is 22.9 Å². The van der Waals surface area contributed by atoms with Gasteiger partial charge in [-0.2, -0.15) is 10.1 Å². The third-order valence-electron chi connectivity index (χ3n) is 4.23. The van der Waals surface area contributed by atoms with Crippen LogP contribution in [0.2, 0.25) is 0 Å². The second-order valence-electron chi connectivity index (χ2n) is 6.10. The summed E-state index contributed by atoms with van der Waals surface area (Å²) in [4.78, 5) is 8.66. The molecular formula is C18H25N7O. The first-order valence-electron chi connectivity index (χ1n) is 8.75. The number of benzene rings is 1. The Hall–Kier alpha value is -2.87. The van der Waals surface area contributed by atoms with Crippen LogP contribution in [0.3, 0.4) is 0 Å². The van der Waals surface area contributed by atoms with Crippen molar-refractivity contribution in [3.05, 3.63) is 35.5 Å². The third-order valence-corrected chi connectivity index (χ3v) is 4.23. The third kappa shape index (κ3) is 3.70. The molecule has 0 aliphatic heterocycles. The minimum absolute atomic E-state index is 0.235. The van der Waals surface area contributed by atoms with Crippen LogP contribution in [0.1, 0.15) is 30.9 Å². The zero-order valence-corrected chi connectivity index (χ0v) is 15.2.